The molecule has 2 amide bonds. The fraction of sp³-hybridized carbons (Fsp3) is 0.440. The molecule has 1 atom stereocenters. The summed E-state index contributed by atoms with van der Waals surface area (Å²) in [5.74, 6) is -0.563. The van der Waals surface area contributed by atoms with Crippen molar-refractivity contribution in [3.05, 3.63) is 59.9 Å². The highest BCUT2D eigenvalue weighted by molar-refractivity contribution is 7.92. The smallest absolute Gasteiger partial charge is 0.244 e. The number of anilines is 1. The van der Waals surface area contributed by atoms with Crippen molar-refractivity contribution in [3.63, 3.8) is 0 Å². The Hall–Kier alpha value is -3.14. The number of amides is 2. The van der Waals surface area contributed by atoms with Crippen molar-refractivity contribution in [2.75, 3.05) is 30.3 Å². The molecule has 192 valence electrons. The lowest BCUT2D eigenvalue weighted by Gasteiger charge is -2.31. The summed E-state index contributed by atoms with van der Waals surface area (Å²) < 4.78 is 44.9. The van der Waals surface area contributed by atoms with Crippen LogP contribution in [-0.4, -0.2) is 57.1 Å². The number of carbonyl (C=O) groups excluding carboxylic acids is 2. The number of nitrogens with one attached hydrogen (secondary N) is 1. The lowest BCUT2D eigenvalue weighted by Crippen LogP contribution is -2.51. The van der Waals surface area contributed by atoms with Crippen LogP contribution in [0.4, 0.5) is 10.1 Å². The number of nitrogens with zero attached hydrogens (tertiary/aromatic N) is 2. The largest absolute Gasteiger partial charge is 0.494 e. The molecule has 8 nitrogen and oxygen atoms in total. The van der Waals surface area contributed by atoms with Crippen molar-refractivity contribution >= 4 is 27.5 Å². The first-order valence-electron chi connectivity index (χ1n) is 11.4. The summed E-state index contributed by atoms with van der Waals surface area (Å²) in [7, 11) is -3.82. The maximum absolute atomic E-state index is 13.4. The van der Waals surface area contributed by atoms with Gasteiger partial charge in [-0.3, -0.25) is 13.9 Å². The zero-order valence-corrected chi connectivity index (χ0v) is 21.6. The van der Waals surface area contributed by atoms with E-state index in [0.717, 1.165) is 10.6 Å². The second-order valence-corrected chi connectivity index (χ2v) is 10.6. The molecule has 0 fully saturated rings. The monoisotopic (exact) mass is 507 g/mol. The fourth-order valence-corrected chi connectivity index (χ4v) is 4.16. The molecule has 0 radical (unpaired) electrons. The molecule has 0 aliphatic rings. The van der Waals surface area contributed by atoms with E-state index in [1.165, 1.54) is 29.2 Å². The number of sulfonamides is 1. The predicted octanol–water partition coefficient (Wildman–Crippen LogP) is 3.18. The van der Waals surface area contributed by atoms with Gasteiger partial charge in [0.1, 0.15) is 24.2 Å². The first kappa shape index (κ1) is 28.1. The van der Waals surface area contributed by atoms with Gasteiger partial charge in [-0.2, -0.15) is 0 Å². The van der Waals surface area contributed by atoms with E-state index in [-0.39, 0.29) is 18.4 Å². The Morgan fingerprint density at radius 2 is 1.63 bits per heavy atom. The normalized spacial score (nSPS) is 12.2. The van der Waals surface area contributed by atoms with Crippen molar-refractivity contribution < 1.29 is 27.1 Å². The molecule has 0 spiro atoms. The first-order valence-corrected chi connectivity index (χ1v) is 13.3. The van der Waals surface area contributed by atoms with E-state index in [1.54, 1.807) is 31.2 Å². The minimum atomic E-state index is -3.82. The van der Waals surface area contributed by atoms with Crippen LogP contribution in [0.15, 0.2) is 48.5 Å². The number of carbonyl (C=O) groups is 2. The molecule has 0 saturated heterocycles. The van der Waals surface area contributed by atoms with Gasteiger partial charge < -0.3 is 15.0 Å². The zero-order valence-electron chi connectivity index (χ0n) is 20.8. The summed E-state index contributed by atoms with van der Waals surface area (Å²) in [6.45, 7) is 7.72. The molecule has 1 unspecified atom stereocenters. The van der Waals surface area contributed by atoms with E-state index in [4.69, 9.17) is 4.74 Å². The average Bonchev–Trinajstić information content (AvgIpc) is 2.80. The lowest BCUT2D eigenvalue weighted by molar-refractivity contribution is -0.139. The molecule has 2 rings (SSSR count). The van der Waals surface area contributed by atoms with Gasteiger partial charge in [0, 0.05) is 13.1 Å². The van der Waals surface area contributed by atoms with Crippen LogP contribution in [0.5, 0.6) is 5.75 Å². The summed E-state index contributed by atoms with van der Waals surface area (Å²) in [5.41, 5.74) is 0.901. The molecule has 0 aliphatic heterocycles. The third-order valence-corrected chi connectivity index (χ3v) is 6.37. The molecule has 0 heterocycles. The van der Waals surface area contributed by atoms with E-state index >= 15 is 0 Å². The maximum Gasteiger partial charge on any atom is 0.244 e. The van der Waals surface area contributed by atoms with Crippen LogP contribution < -0.4 is 14.4 Å². The summed E-state index contributed by atoms with van der Waals surface area (Å²) in [4.78, 5) is 27.5. The molecular formula is C25H34FN3O5S. The van der Waals surface area contributed by atoms with Gasteiger partial charge in [0.25, 0.3) is 0 Å². The summed E-state index contributed by atoms with van der Waals surface area (Å²) in [6, 6.07) is 11.1. The van der Waals surface area contributed by atoms with Gasteiger partial charge in [-0.15, -0.1) is 0 Å². The van der Waals surface area contributed by atoms with E-state index in [2.05, 4.69) is 5.32 Å². The van der Waals surface area contributed by atoms with Crippen molar-refractivity contribution in [3.8, 4) is 5.75 Å². The Kier molecular flexibility index (Phi) is 10.1. The van der Waals surface area contributed by atoms with Gasteiger partial charge in [-0.1, -0.05) is 26.0 Å². The van der Waals surface area contributed by atoms with Crippen LogP contribution in [0, 0.1) is 11.7 Å². The van der Waals surface area contributed by atoms with E-state index in [9.17, 15) is 22.4 Å². The topological polar surface area (TPSA) is 96.0 Å². The standard InChI is InChI=1S/C25H34FN3O5S/c1-6-34-23-13-11-22(12-14-23)29(35(5,32)33)17-24(30)28(16-20-7-9-21(26)10-8-20)19(4)25(31)27-15-18(2)3/h7-14,18-19H,6,15-17H2,1-5H3,(H,27,31). The van der Waals surface area contributed by atoms with E-state index in [1.807, 2.05) is 20.8 Å². The molecule has 2 aromatic carbocycles. The van der Waals surface area contributed by atoms with E-state index in [0.29, 0.717) is 30.2 Å². The number of benzene rings is 2. The van der Waals surface area contributed by atoms with Crippen LogP contribution in [0.25, 0.3) is 0 Å². The Morgan fingerprint density at radius 1 is 1.03 bits per heavy atom. The van der Waals surface area contributed by atoms with E-state index < -0.39 is 34.3 Å². The third kappa shape index (κ3) is 8.54. The highest BCUT2D eigenvalue weighted by atomic mass is 32.2. The lowest BCUT2D eigenvalue weighted by atomic mass is 10.1. The van der Waals surface area contributed by atoms with Gasteiger partial charge in [-0.25, -0.2) is 12.8 Å². The number of rotatable bonds is 12. The second kappa shape index (κ2) is 12.5. The Morgan fingerprint density at radius 3 is 2.14 bits per heavy atom. The Labute approximate surface area is 207 Å². The quantitative estimate of drug-likeness (QED) is 0.476. The first-order chi connectivity index (χ1) is 16.4. The molecule has 2 aromatic rings. The molecule has 1 N–H and O–H groups in total. The van der Waals surface area contributed by atoms with Crippen LogP contribution in [-0.2, 0) is 26.2 Å². The SMILES string of the molecule is CCOc1ccc(N(CC(=O)N(Cc2ccc(F)cc2)C(C)C(=O)NCC(C)C)S(C)(=O)=O)cc1. The molecule has 0 aliphatic carbocycles. The third-order valence-electron chi connectivity index (χ3n) is 5.23. The second-order valence-electron chi connectivity index (χ2n) is 8.66. The van der Waals surface area contributed by atoms with Gasteiger partial charge in [-0.05, 0) is 61.7 Å². The number of halogens is 1. The molecule has 35 heavy (non-hydrogen) atoms. The zero-order chi connectivity index (χ0) is 26.2. The molecule has 0 saturated carbocycles. The van der Waals surface area contributed by atoms with Crippen molar-refractivity contribution in [1.29, 1.82) is 0 Å². The molecule has 0 aromatic heterocycles. The molecular weight excluding hydrogens is 473 g/mol. The Balaban J connectivity index is 2.33. The number of ether oxygens (including phenoxy) is 1. The van der Waals surface area contributed by atoms with Gasteiger partial charge in [0.05, 0.1) is 18.6 Å². The summed E-state index contributed by atoms with van der Waals surface area (Å²) in [5, 5.41) is 2.81. The average molecular weight is 508 g/mol. The minimum absolute atomic E-state index is 0.0102. The summed E-state index contributed by atoms with van der Waals surface area (Å²) >= 11 is 0. The van der Waals surface area contributed by atoms with Crippen molar-refractivity contribution in [1.82, 2.24) is 10.2 Å². The Bertz CT molecular complexity index is 1090. The highest BCUT2D eigenvalue weighted by Crippen LogP contribution is 2.22. The number of hydrogen-bond acceptors (Lipinski definition) is 5. The summed E-state index contributed by atoms with van der Waals surface area (Å²) in [6.07, 6.45) is 1.01. The van der Waals surface area contributed by atoms with Gasteiger partial charge >= 0.3 is 0 Å². The number of hydrogen-bond donors (Lipinski definition) is 1. The predicted molar refractivity (Wildman–Crippen MR) is 134 cm³/mol. The van der Waals surface area contributed by atoms with Crippen LogP contribution in [0.1, 0.15) is 33.3 Å². The maximum atomic E-state index is 13.4. The fourth-order valence-electron chi connectivity index (χ4n) is 3.31. The minimum Gasteiger partial charge on any atom is -0.494 e. The highest BCUT2D eigenvalue weighted by Gasteiger charge is 2.30. The van der Waals surface area contributed by atoms with Crippen LogP contribution in [0.2, 0.25) is 0 Å². The van der Waals surface area contributed by atoms with Crippen LogP contribution >= 0.6 is 0 Å². The van der Waals surface area contributed by atoms with Gasteiger partial charge in [0.15, 0.2) is 0 Å². The molecule has 10 heteroatoms. The van der Waals surface area contributed by atoms with Crippen molar-refractivity contribution in [2.24, 2.45) is 5.92 Å². The van der Waals surface area contributed by atoms with Gasteiger partial charge in [0.2, 0.25) is 21.8 Å². The van der Waals surface area contributed by atoms with Crippen molar-refractivity contribution in [2.45, 2.75) is 40.3 Å². The van der Waals surface area contributed by atoms with Crippen LogP contribution in [0.3, 0.4) is 0 Å². The molecule has 0 bridgehead atoms.